The molecule has 2 aliphatic heterocycles. The Hall–Kier alpha value is -1.93. The summed E-state index contributed by atoms with van der Waals surface area (Å²) in [5.74, 6) is -0.0199. The molecule has 3 rings (SSSR count). The predicted octanol–water partition coefficient (Wildman–Crippen LogP) is 1.26. The van der Waals surface area contributed by atoms with Gasteiger partial charge in [-0.3, -0.25) is 9.69 Å². The van der Waals surface area contributed by atoms with Crippen molar-refractivity contribution in [3.63, 3.8) is 0 Å². The maximum absolute atomic E-state index is 12.6. The molecule has 0 aromatic carbocycles. The van der Waals surface area contributed by atoms with Crippen LogP contribution in [0.25, 0.3) is 0 Å². The molecule has 2 fully saturated rings. The number of carbonyl (C=O) groups excluding carboxylic acids is 1. The molecule has 5 heteroatoms. The maximum Gasteiger partial charge on any atom is 0.272 e. The van der Waals surface area contributed by atoms with Crippen molar-refractivity contribution in [3.8, 4) is 6.07 Å². The monoisotopic (exact) mass is 270 g/mol. The topological polar surface area (TPSA) is 60.2 Å². The van der Waals surface area contributed by atoms with Crippen LogP contribution in [0, 0.1) is 11.3 Å². The van der Waals surface area contributed by atoms with Crippen molar-refractivity contribution in [2.75, 3.05) is 19.6 Å². The second kappa shape index (κ2) is 5.22. The van der Waals surface area contributed by atoms with Crippen LogP contribution in [-0.4, -0.2) is 52.4 Å². The van der Waals surface area contributed by atoms with Crippen LogP contribution in [0.2, 0.25) is 0 Å². The van der Waals surface area contributed by atoms with Crippen LogP contribution in [0.1, 0.15) is 35.8 Å². The minimum Gasteiger partial charge on any atom is -0.332 e. The van der Waals surface area contributed by atoms with Gasteiger partial charge in [0.2, 0.25) is 0 Å². The number of nitrogens with zero attached hydrogens (tertiary/aromatic N) is 4. The highest BCUT2D eigenvalue weighted by Gasteiger charge is 2.36. The molecule has 104 valence electrons. The highest BCUT2D eigenvalue weighted by molar-refractivity contribution is 5.92. The van der Waals surface area contributed by atoms with Gasteiger partial charge in [0.05, 0.1) is 5.56 Å². The molecule has 2 saturated heterocycles. The zero-order valence-corrected chi connectivity index (χ0v) is 11.6. The summed E-state index contributed by atoms with van der Waals surface area (Å²) in [6.07, 6.45) is 3.87. The van der Waals surface area contributed by atoms with Crippen molar-refractivity contribution < 1.29 is 4.79 Å². The molecule has 5 nitrogen and oxygen atoms in total. The van der Waals surface area contributed by atoms with Crippen molar-refractivity contribution in [1.29, 1.82) is 5.26 Å². The molecule has 0 N–H and O–H groups in total. The predicted molar refractivity (Wildman–Crippen MR) is 74.0 cm³/mol. The molecule has 0 aliphatic carbocycles. The summed E-state index contributed by atoms with van der Waals surface area (Å²) in [6, 6.07) is 6.04. The number of rotatable bonds is 1. The molecule has 20 heavy (non-hydrogen) atoms. The fourth-order valence-corrected chi connectivity index (χ4v) is 3.20. The van der Waals surface area contributed by atoms with Crippen LogP contribution in [-0.2, 0) is 0 Å². The third kappa shape index (κ3) is 2.27. The number of piperazine rings is 1. The van der Waals surface area contributed by atoms with Crippen molar-refractivity contribution in [2.45, 2.75) is 31.8 Å². The summed E-state index contributed by atoms with van der Waals surface area (Å²) in [5, 5.41) is 8.77. The van der Waals surface area contributed by atoms with Gasteiger partial charge in [-0.1, -0.05) is 0 Å². The first-order chi connectivity index (χ1) is 9.69. The quantitative estimate of drug-likeness (QED) is 0.771. The van der Waals surface area contributed by atoms with Gasteiger partial charge in [-0.25, -0.2) is 4.98 Å². The van der Waals surface area contributed by atoms with E-state index < -0.39 is 0 Å². The van der Waals surface area contributed by atoms with E-state index in [1.807, 2.05) is 11.0 Å². The standard InChI is InChI=1S/C15H18N4O/c1-11-9-18-6-2-3-13(18)10-19(11)15(20)14-5-4-12(7-16)8-17-14/h4-5,8,11,13H,2-3,6,9-10H2,1H3. The molecule has 3 heterocycles. The summed E-state index contributed by atoms with van der Waals surface area (Å²) in [6.45, 7) is 5.00. The van der Waals surface area contributed by atoms with Crippen molar-refractivity contribution in [2.24, 2.45) is 0 Å². The van der Waals surface area contributed by atoms with Crippen molar-refractivity contribution in [1.82, 2.24) is 14.8 Å². The van der Waals surface area contributed by atoms with E-state index in [0.717, 1.165) is 19.6 Å². The smallest absolute Gasteiger partial charge is 0.272 e. The van der Waals surface area contributed by atoms with Gasteiger partial charge in [-0.15, -0.1) is 0 Å². The van der Waals surface area contributed by atoms with Crippen LogP contribution >= 0.6 is 0 Å². The Labute approximate surface area is 118 Å². The highest BCUT2D eigenvalue weighted by Crippen LogP contribution is 2.25. The Morgan fingerprint density at radius 1 is 1.45 bits per heavy atom. The molecule has 2 aliphatic rings. The number of nitriles is 1. The molecule has 0 radical (unpaired) electrons. The zero-order chi connectivity index (χ0) is 14.1. The van der Waals surface area contributed by atoms with Crippen molar-refractivity contribution >= 4 is 5.91 Å². The first-order valence-electron chi connectivity index (χ1n) is 7.10. The Kier molecular flexibility index (Phi) is 3.41. The van der Waals surface area contributed by atoms with Gasteiger partial charge in [0.25, 0.3) is 5.91 Å². The van der Waals surface area contributed by atoms with Crippen LogP contribution in [0.5, 0.6) is 0 Å². The Balaban J connectivity index is 1.77. The van der Waals surface area contributed by atoms with E-state index in [1.54, 1.807) is 12.1 Å². The lowest BCUT2D eigenvalue weighted by atomic mass is 10.1. The Morgan fingerprint density at radius 2 is 2.30 bits per heavy atom. The molecular weight excluding hydrogens is 252 g/mol. The van der Waals surface area contributed by atoms with Crippen LogP contribution in [0.15, 0.2) is 18.3 Å². The number of fused-ring (bicyclic) bond motifs is 1. The fourth-order valence-electron chi connectivity index (χ4n) is 3.20. The Morgan fingerprint density at radius 3 is 3.00 bits per heavy atom. The number of hydrogen-bond donors (Lipinski definition) is 0. The SMILES string of the molecule is CC1CN2CCCC2CN1C(=O)c1ccc(C#N)cn1. The van der Waals surface area contributed by atoms with E-state index in [-0.39, 0.29) is 11.9 Å². The number of pyridine rings is 1. The summed E-state index contributed by atoms with van der Waals surface area (Å²) in [4.78, 5) is 21.1. The first kappa shape index (κ1) is 13.1. The van der Waals surface area contributed by atoms with Gasteiger partial charge in [-0.05, 0) is 38.4 Å². The number of carbonyl (C=O) groups is 1. The van der Waals surface area contributed by atoms with E-state index in [1.165, 1.54) is 19.0 Å². The largest absolute Gasteiger partial charge is 0.332 e. The number of hydrogen-bond acceptors (Lipinski definition) is 4. The van der Waals surface area contributed by atoms with Crippen molar-refractivity contribution in [3.05, 3.63) is 29.6 Å². The number of aromatic nitrogens is 1. The number of amides is 1. The van der Waals surface area contributed by atoms with Gasteiger partial charge >= 0.3 is 0 Å². The second-order valence-corrected chi connectivity index (χ2v) is 5.64. The van der Waals surface area contributed by atoms with Crippen LogP contribution in [0.3, 0.4) is 0 Å². The summed E-state index contributed by atoms with van der Waals surface area (Å²) >= 11 is 0. The first-order valence-corrected chi connectivity index (χ1v) is 7.10. The summed E-state index contributed by atoms with van der Waals surface area (Å²) in [7, 11) is 0. The van der Waals surface area contributed by atoms with Gasteiger partial charge < -0.3 is 4.90 Å². The minimum absolute atomic E-state index is 0.0199. The van der Waals surface area contributed by atoms with Gasteiger partial charge in [0, 0.05) is 31.4 Å². The van der Waals surface area contributed by atoms with Gasteiger partial charge in [0.1, 0.15) is 11.8 Å². The van der Waals surface area contributed by atoms with E-state index in [2.05, 4.69) is 16.8 Å². The normalized spacial score (nSPS) is 26.1. The van der Waals surface area contributed by atoms with Crippen LogP contribution < -0.4 is 0 Å². The summed E-state index contributed by atoms with van der Waals surface area (Å²) in [5.41, 5.74) is 0.914. The second-order valence-electron chi connectivity index (χ2n) is 5.64. The lowest BCUT2D eigenvalue weighted by molar-refractivity contribution is 0.0390. The van der Waals surface area contributed by atoms with Gasteiger partial charge in [0.15, 0.2) is 0 Å². The third-order valence-corrected chi connectivity index (χ3v) is 4.31. The average molecular weight is 270 g/mol. The molecule has 2 atom stereocenters. The zero-order valence-electron chi connectivity index (χ0n) is 11.6. The lowest BCUT2D eigenvalue weighted by Crippen LogP contribution is -2.56. The average Bonchev–Trinajstić information content (AvgIpc) is 2.93. The maximum atomic E-state index is 12.6. The molecule has 0 spiro atoms. The molecular formula is C15H18N4O. The lowest BCUT2D eigenvalue weighted by Gasteiger charge is -2.42. The minimum atomic E-state index is -0.0199. The molecule has 0 saturated carbocycles. The molecule has 2 unspecified atom stereocenters. The Bertz CT molecular complexity index is 548. The van der Waals surface area contributed by atoms with Crippen LogP contribution in [0.4, 0.5) is 0 Å². The van der Waals surface area contributed by atoms with E-state index >= 15 is 0 Å². The molecule has 1 aromatic heterocycles. The van der Waals surface area contributed by atoms with E-state index in [4.69, 9.17) is 5.26 Å². The van der Waals surface area contributed by atoms with E-state index in [0.29, 0.717) is 17.3 Å². The molecule has 1 aromatic rings. The summed E-state index contributed by atoms with van der Waals surface area (Å²) < 4.78 is 0. The third-order valence-electron chi connectivity index (χ3n) is 4.31. The fraction of sp³-hybridized carbons (Fsp3) is 0.533. The molecule has 1 amide bonds. The van der Waals surface area contributed by atoms with E-state index in [9.17, 15) is 4.79 Å². The molecule has 0 bridgehead atoms. The van der Waals surface area contributed by atoms with Gasteiger partial charge in [-0.2, -0.15) is 5.26 Å². The highest BCUT2D eigenvalue weighted by atomic mass is 16.2.